The fourth-order valence-corrected chi connectivity index (χ4v) is 3.45. The number of nitrogens with zero attached hydrogens (tertiary/aromatic N) is 1. The van der Waals surface area contributed by atoms with Crippen LogP contribution in [0.2, 0.25) is 0 Å². The Labute approximate surface area is 126 Å². The summed E-state index contributed by atoms with van der Waals surface area (Å²) >= 11 is 3.39. The second-order valence-corrected chi connectivity index (χ2v) is 7.16. The van der Waals surface area contributed by atoms with Crippen molar-refractivity contribution in [2.24, 2.45) is 0 Å². The number of rotatable bonds is 4. The first-order chi connectivity index (χ1) is 9.46. The Morgan fingerprint density at radius 2 is 1.90 bits per heavy atom. The second-order valence-electron chi connectivity index (χ2n) is 4.38. The molecule has 0 bridgehead atoms. The van der Waals surface area contributed by atoms with E-state index in [1.807, 2.05) is 24.3 Å². The van der Waals surface area contributed by atoms with Gasteiger partial charge in [0, 0.05) is 10.2 Å². The van der Waals surface area contributed by atoms with E-state index in [-0.39, 0.29) is 6.42 Å². The van der Waals surface area contributed by atoms with Crippen LogP contribution in [0.15, 0.2) is 40.9 Å². The van der Waals surface area contributed by atoms with Gasteiger partial charge in [-0.15, -0.1) is 0 Å². The maximum Gasteiger partial charge on any atom is 0.249 e. The predicted molar refractivity (Wildman–Crippen MR) is 83.9 cm³/mol. The summed E-state index contributed by atoms with van der Waals surface area (Å²) in [5.41, 5.74) is 0.466. The van der Waals surface area contributed by atoms with Crippen molar-refractivity contribution >= 4 is 42.4 Å². The minimum absolute atomic E-state index is 0.256. The van der Waals surface area contributed by atoms with Gasteiger partial charge in [-0.3, -0.25) is 4.72 Å². The molecule has 0 radical (unpaired) electrons. The summed E-state index contributed by atoms with van der Waals surface area (Å²) in [5.74, 6) is 0. The minimum Gasteiger partial charge on any atom is -0.282 e. The maximum absolute atomic E-state index is 12.0. The molecule has 1 unspecified atom stereocenters. The van der Waals surface area contributed by atoms with Gasteiger partial charge in [0.2, 0.25) is 10.0 Å². The van der Waals surface area contributed by atoms with Gasteiger partial charge >= 0.3 is 0 Å². The Hall–Kier alpha value is -1.58. The van der Waals surface area contributed by atoms with Crippen molar-refractivity contribution in [3.05, 3.63) is 40.9 Å². The van der Waals surface area contributed by atoms with Crippen molar-refractivity contribution in [2.45, 2.75) is 18.6 Å². The Bertz CT molecular complexity index is 781. The zero-order chi connectivity index (χ0) is 14.8. The Morgan fingerprint density at radius 3 is 2.55 bits per heavy atom. The van der Waals surface area contributed by atoms with E-state index in [1.165, 1.54) is 0 Å². The SMILES string of the molecule is CCC(C#N)S(=O)(=O)Nc1ccc2cc(Br)ccc2c1. The molecule has 0 spiro atoms. The van der Waals surface area contributed by atoms with Crippen molar-refractivity contribution in [2.75, 3.05) is 4.72 Å². The first kappa shape index (κ1) is 14.8. The average molecular weight is 353 g/mol. The number of fused-ring (bicyclic) bond motifs is 1. The van der Waals surface area contributed by atoms with E-state index in [2.05, 4.69) is 20.7 Å². The van der Waals surface area contributed by atoms with Crippen LogP contribution in [0.5, 0.6) is 0 Å². The van der Waals surface area contributed by atoms with Crippen molar-refractivity contribution in [3.8, 4) is 6.07 Å². The predicted octanol–water partition coefficient (Wildman–Crippen LogP) is 3.65. The van der Waals surface area contributed by atoms with Crippen LogP contribution >= 0.6 is 15.9 Å². The molecule has 2 aromatic carbocycles. The molecule has 0 saturated heterocycles. The normalized spacial score (nSPS) is 12.8. The number of hydrogen-bond donors (Lipinski definition) is 1. The highest BCUT2D eigenvalue weighted by Gasteiger charge is 2.23. The summed E-state index contributed by atoms with van der Waals surface area (Å²) in [7, 11) is -3.67. The molecule has 0 heterocycles. The smallest absolute Gasteiger partial charge is 0.249 e. The van der Waals surface area contributed by atoms with E-state index in [4.69, 9.17) is 5.26 Å². The first-order valence-electron chi connectivity index (χ1n) is 6.07. The van der Waals surface area contributed by atoms with Crippen molar-refractivity contribution in [1.82, 2.24) is 0 Å². The van der Waals surface area contributed by atoms with Crippen LogP contribution in [0.3, 0.4) is 0 Å². The number of halogens is 1. The van der Waals surface area contributed by atoms with Gasteiger partial charge in [-0.25, -0.2) is 8.42 Å². The summed E-state index contributed by atoms with van der Waals surface area (Å²) in [6.45, 7) is 1.67. The van der Waals surface area contributed by atoms with E-state index in [1.54, 1.807) is 25.1 Å². The van der Waals surface area contributed by atoms with E-state index in [0.29, 0.717) is 5.69 Å². The summed E-state index contributed by atoms with van der Waals surface area (Å²) in [4.78, 5) is 0. The fourth-order valence-electron chi connectivity index (χ4n) is 1.90. The number of benzene rings is 2. The fraction of sp³-hybridized carbons (Fsp3) is 0.214. The molecule has 2 aromatic rings. The van der Waals surface area contributed by atoms with Crippen LogP contribution in [0.25, 0.3) is 10.8 Å². The van der Waals surface area contributed by atoms with Crippen molar-refractivity contribution in [1.29, 1.82) is 5.26 Å². The van der Waals surface area contributed by atoms with Gasteiger partial charge in [-0.1, -0.05) is 35.0 Å². The van der Waals surface area contributed by atoms with Crippen LogP contribution in [0.1, 0.15) is 13.3 Å². The van der Waals surface area contributed by atoms with Gasteiger partial charge < -0.3 is 0 Å². The topological polar surface area (TPSA) is 70.0 Å². The Kier molecular flexibility index (Phi) is 4.31. The molecule has 20 heavy (non-hydrogen) atoms. The summed E-state index contributed by atoms with van der Waals surface area (Å²) in [6.07, 6.45) is 0.256. The number of hydrogen-bond acceptors (Lipinski definition) is 3. The highest BCUT2D eigenvalue weighted by Crippen LogP contribution is 2.24. The van der Waals surface area contributed by atoms with Crippen molar-refractivity contribution in [3.63, 3.8) is 0 Å². The molecule has 0 saturated carbocycles. The van der Waals surface area contributed by atoms with E-state index in [0.717, 1.165) is 15.2 Å². The van der Waals surface area contributed by atoms with E-state index < -0.39 is 15.3 Å². The van der Waals surface area contributed by atoms with Crippen LogP contribution < -0.4 is 4.72 Å². The number of nitriles is 1. The van der Waals surface area contributed by atoms with Crippen molar-refractivity contribution < 1.29 is 8.42 Å². The number of sulfonamides is 1. The van der Waals surface area contributed by atoms with Crippen LogP contribution in [-0.4, -0.2) is 13.7 Å². The maximum atomic E-state index is 12.0. The van der Waals surface area contributed by atoms with Gasteiger partial charge in [0.15, 0.2) is 5.25 Å². The Morgan fingerprint density at radius 1 is 1.25 bits per heavy atom. The molecule has 0 aliphatic rings. The molecule has 0 fully saturated rings. The number of anilines is 1. The molecule has 0 amide bonds. The standard InChI is InChI=1S/C14H13BrN2O2S/c1-2-14(9-16)20(18,19)17-13-6-4-10-7-12(15)5-3-11(10)8-13/h3-8,14,17H,2H2,1H3. The van der Waals surface area contributed by atoms with Gasteiger partial charge in [0.1, 0.15) is 0 Å². The Balaban J connectivity index is 2.36. The van der Waals surface area contributed by atoms with E-state index in [9.17, 15) is 8.42 Å². The molecule has 0 aliphatic heterocycles. The monoisotopic (exact) mass is 352 g/mol. The van der Waals surface area contributed by atoms with Gasteiger partial charge in [0.05, 0.1) is 6.07 Å². The second kappa shape index (κ2) is 5.81. The zero-order valence-corrected chi connectivity index (χ0v) is 13.2. The lowest BCUT2D eigenvalue weighted by atomic mass is 10.1. The molecule has 1 N–H and O–H groups in total. The molecular weight excluding hydrogens is 340 g/mol. The molecule has 0 aliphatic carbocycles. The van der Waals surface area contributed by atoms with Gasteiger partial charge in [-0.05, 0) is 41.5 Å². The van der Waals surface area contributed by atoms with Gasteiger partial charge in [0.25, 0.3) is 0 Å². The van der Waals surface area contributed by atoms with Gasteiger partial charge in [-0.2, -0.15) is 5.26 Å². The third-order valence-corrected chi connectivity index (χ3v) is 5.15. The lowest BCUT2D eigenvalue weighted by Crippen LogP contribution is -2.25. The largest absolute Gasteiger partial charge is 0.282 e. The summed E-state index contributed by atoms with van der Waals surface area (Å²) in [5, 5.41) is 9.77. The minimum atomic E-state index is -3.67. The third-order valence-electron chi connectivity index (χ3n) is 2.95. The average Bonchev–Trinajstić information content (AvgIpc) is 2.39. The van der Waals surface area contributed by atoms with E-state index >= 15 is 0 Å². The molecule has 6 heteroatoms. The van der Waals surface area contributed by atoms with Crippen LogP contribution in [0.4, 0.5) is 5.69 Å². The molecule has 0 aromatic heterocycles. The molecule has 1 atom stereocenters. The lowest BCUT2D eigenvalue weighted by molar-refractivity contribution is 0.593. The number of nitrogens with one attached hydrogen (secondary N) is 1. The van der Waals surface area contributed by atoms with Crippen LogP contribution in [-0.2, 0) is 10.0 Å². The first-order valence-corrected chi connectivity index (χ1v) is 8.41. The molecule has 4 nitrogen and oxygen atoms in total. The molecule has 104 valence electrons. The quantitative estimate of drug-likeness (QED) is 0.912. The highest BCUT2D eigenvalue weighted by atomic mass is 79.9. The van der Waals surface area contributed by atoms with Crippen LogP contribution in [0, 0.1) is 11.3 Å². The summed E-state index contributed by atoms with van der Waals surface area (Å²) in [6, 6.07) is 12.8. The zero-order valence-electron chi connectivity index (χ0n) is 10.8. The third kappa shape index (κ3) is 3.11. The summed E-state index contributed by atoms with van der Waals surface area (Å²) < 4.78 is 27.5. The highest BCUT2D eigenvalue weighted by molar-refractivity contribution is 9.10. The molecule has 2 rings (SSSR count). The lowest BCUT2D eigenvalue weighted by Gasteiger charge is -2.11. The molecular formula is C14H13BrN2O2S.